The van der Waals surface area contributed by atoms with E-state index in [1.54, 1.807) is 36.9 Å². The lowest BCUT2D eigenvalue weighted by molar-refractivity contribution is -0.141. The molecule has 7 heteroatoms. The molecule has 0 saturated heterocycles. The maximum absolute atomic E-state index is 14.2. The van der Waals surface area contributed by atoms with Gasteiger partial charge >= 0.3 is 0 Å². The molecular weight excluding hydrogens is 435 g/mol. The fraction of sp³-hybridized carbons (Fsp3) is 0.417. The molecule has 31 heavy (non-hydrogen) atoms. The second kappa shape index (κ2) is 11.5. The number of benzene rings is 2. The molecule has 1 atom stereocenters. The van der Waals surface area contributed by atoms with Gasteiger partial charge in [-0.05, 0) is 70.2 Å². The zero-order valence-corrected chi connectivity index (χ0v) is 20.0. The van der Waals surface area contributed by atoms with E-state index in [0.717, 1.165) is 10.6 Å². The maximum atomic E-state index is 14.2. The van der Waals surface area contributed by atoms with Crippen molar-refractivity contribution >= 4 is 35.2 Å². The highest BCUT2D eigenvalue weighted by Gasteiger charge is 2.28. The summed E-state index contributed by atoms with van der Waals surface area (Å²) >= 11 is 7.55. The molecule has 2 aromatic carbocycles. The number of amides is 2. The topological polar surface area (TPSA) is 49.4 Å². The van der Waals surface area contributed by atoms with Gasteiger partial charge in [0.05, 0.1) is 0 Å². The predicted molar refractivity (Wildman–Crippen MR) is 126 cm³/mol. The summed E-state index contributed by atoms with van der Waals surface area (Å²) in [7, 11) is 0. The second-order valence-electron chi connectivity index (χ2n) is 8.43. The molecule has 4 nitrogen and oxygen atoms in total. The van der Waals surface area contributed by atoms with Gasteiger partial charge in [0.2, 0.25) is 11.8 Å². The Morgan fingerprint density at radius 2 is 1.77 bits per heavy atom. The monoisotopic (exact) mass is 464 g/mol. The van der Waals surface area contributed by atoms with Gasteiger partial charge in [0.15, 0.2) is 0 Å². The van der Waals surface area contributed by atoms with Crippen molar-refractivity contribution in [1.82, 2.24) is 10.2 Å². The highest BCUT2D eigenvalue weighted by atomic mass is 35.5. The summed E-state index contributed by atoms with van der Waals surface area (Å²) in [5.41, 5.74) is -0.0328. The number of rotatable bonds is 9. The van der Waals surface area contributed by atoms with Gasteiger partial charge in [-0.2, -0.15) is 0 Å². The highest BCUT2D eigenvalue weighted by Crippen LogP contribution is 2.22. The normalized spacial score (nSPS) is 12.3. The molecule has 0 aliphatic rings. The number of carbonyl (C=O) groups excluding carboxylic acids is 2. The van der Waals surface area contributed by atoms with E-state index in [2.05, 4.69) is 5.32 Å². The van der Waals surface area contributed by atoms with Gasteiger partial charge in [0.1, 0.15) is 11.9 Å². The van der Waals surface area contributed by atoms with Crippen molar-refractivity contribution in [2.24, 2.45) is 0 Å². The van der Waals surface area contributed by atoms with Crippen molar-refractivity contribution in [3.8, 4) is 0 Å². The number of hydrogen-bond donors (Lipinski definition) is 1. The molecule has 168 valence electrons. The first-order chi connectivity index (χ1) is 14.6. The molecule has 0 unspecified atom stereocenters. The maximum Gasteiger partial charge on any atom is 0.242 e. The first-order valence-electron chi connectivity index (χ1n) is 10.3. The lowest BCUT2D eigenvalue weighted by Gasteiger charge is -2.31. The van der Waals surface area contributed by atoms with Crippen LogP contribution in [0.2, 0.25) is 5.02 Å². The van der Waals surface area contributed by atoms with Crippen LogP contribution < -0.4 is 5.32 Å². The van der Waals surface area contributed by atoms with Crippen LogP contribution in [0, 0.1) is 5.82 Å². The summed E-state index contributed by atoms with van der Waals surface area (Å²) in [4.78, 5) is 28.3. The molecule has 2 rings (SSSR count). The molecule has 0 fully saturated rings. The summed E-state index contributed by atoms with van der Waals surface area (Å²) in [5.74, 6) is -0.0602. The van der Waals surface area contributed by atoms with Crippen LogP contribution >= 0.6 is 23.4 Å². The largest absolute Gasteiger partial charge is 0.350 e. The Hall–Kier alpha value is -2.05. The molecule has 0 aromatic heterocycles. The van der Waals surface area contributed by atoms with Gasteiger partial charge < -0.3 is 10.2 Å². The van der Waals surface area contributed by atoms with E-state index in [-0.39, 0.29) is 30.6 Å². The van der Waals surface area contributed by atoms with E-state index < -0.39 is 11.6 Å². The van der Waals surface area contributed by atoms with Crippen LogP contribution in [-0.2, 0) is 16.1 Å². The van der Waals surface area contributed by atoms with E-state index in [1.165, 1.54) is 11.0 Å². The minimum atomic E-state index is -0.713. The predicted octanol–water partition coefficient (Wildman–Crippen LogP) is 5.68. The number of nitrogens with one attached hydrogen (secondary N) is 1. The third-order valence-electron chi connectivity index (χ3n) is 4.58. The molecule has 1 N–H and O–H groups in total. The fourth-order valence-corrected chi connectivity index (χ4v) is 3.93. The van der Waals surface area contributed by atoms with Gasteiger partial charge in [-0.15, -0.1) is 11.8 Å². The summed E-state index contributed by atoms with van der Waals surface area (Å²) in [5, 5.41) is 3.59. The lowest BCUT2D eigenvalue weighted by atomic mass is 10.1. The van der Waals surface area contributed by atoms with E-state index in [0.29, 0.717) is 17.0 Å². The quantitative estimate of drug-likeness (QED) is 0.383. The summed E-state index contributed by atoms with van der Waals surface area (Å²) in [6.45, 7) is 7.38. The van der Waals surface area contributed by atoms with Crippen molar-refractivity contribution in [1.29, 1.82) is 0 Å². The number of carbonyl (C=O) groups is 2. The van der Waals surface area contributed by atoms with Crippen molar-refractivity contribution in [3.05, 3.63) is 64.9 Å². The molecule has 0 radical (unpaired) electrons. The van der Waals surface area contributed by atoms with Gasteiger partial charge in [-0.1, -0.05) is 29.8 Å². The Kier molecular flexibility index (Phi) is 9.38. The number of hydrogen-bond acceptors (Lipinski definition) is 3. The molecule has 0 saturated carbocycles. The average Bonchev–Trinajstić information content (AvgIpc) is 2.70. The Labute approximate surface area is 193 Å². The third-order valence-corrected chi connectivity index (χ3v) is 5.93. The molecule has 0 heterocycles. The lowest BCUT2D eigenvalue weighted by Crippen LogP contribution is -2.52. The Morgan fingerprint density at radius 1 is 1.13 bits per heavy atom. The molecular formula is C24H30ClFN2O2S. The molecule has 0 bridgehead atoms. The fourth-order valence-electron chi connectivity index (χ4n) is 2.95. The van der Waals surface area contributed by atoms with Crippen molar-refractivity contribution in [2.45, 2.75) is 63.6 Å². The van der Waals surface area contributed by atoms with E-state index >= 15 is 0 Å². The van der Waals surface area contributed by atoms with E-state index in [9.17, 15) is 14.0 Å². The second-order valence-corrected chi connectivity index (χ2v) is 10.0. The van der Waals surface area contributed by atoms with Crippen molar-refractivity contribution in [2.75, 3.05) is 5.75 Å². The SMILES string of the molecule is C[C@@H](C(=O)NC(C)(C)C)N(Cc1ccccc1F)C(=O)CCCSc1ccc(Cl)cc1. The number of thioether (sulfide) groups is 1. The van der Waals surface area contributed by atoms with Crippen LogP contribution in [0.4, 0.5) is 4.39 Å². The van der Waals surface area contributed by atoms with Gasteiger partial charge in [-0.25, -0.2) is 4.39 Å². The van der Waals surface area contributed by atoms with Crippen LogP contribution in [0.15, 0.2) is 53.4 Å². The van der Waals surface area contributed by atoms with E-state index in [4.69, 9.17) is 11.6 Å². The molecule has 2 aromatic rings. The van der Waals surface area contributed by atoms with Crippen LogP contribution in [0.1, 0.15) is 46.1 Å². The van der Waals surface area contributed by atoms with Gasteiger partial charge in [-0.3, -0.25) is 9.59 Å². The van der Waals surface area contributed by atoms with Crippen LogP contribution in [0.25, 0.3) is 0 Å². The van der Waals surface area contributed by atoms with Crippen LogP contribution in [-0.4, -0.2) is 34.0 Å². The van der Waals surface area contributed by atoms with Crippen molar-refractivity contribution < 1.29 is 14.0 Å². The molecule has 0 aliphatic heterocycles. The number of halogens is 2. The van der Waals surface area contributed by atoms with Gasteiger partial charge in [0, 0.05) is 34.0 Å². The minimum Gasteiger partial charge on any atom is -0.350 e. The Bertz CT molecular complexity index is 884. The average molecular weight is 465 g/mol. The van der Waals surface area contributed by atoms with Crippen molar-refractivity contribution in [3.63, 3.8) is 0 Å². The highest BCUT2D eigenvalue weighted by molar-refractivity contribution is 7.99. The third kappa shape index (κ3) is 8.54. The molecule has 0 spiro atoms. The molecule has 2 amide bonds. The Balaban J connectivity index is 2.03. The molecule has 0 aliphatic carbocycles. The first kappa shape index (κ1) is 25.2. The zero-order chi connectivity index (χ0) is 23.0. The smallest absolute Gasteiger partial charge is 0.242 e. The number of nitrogens with zero attached hydrogens (tertiary/aromatic N) is 1. The standard InChI is InChI=1S/C24H30ClFN2O2S/c1-17(23(30)27-24(2,3)4)28(16-18-8-5-6-9-21(18)26)22(29)10-7-15-31-20-13-11-19(25)12-14-20/h5-6,8-9,11-14,17H,7,10,15-16H2,1-4H3,(H,27,30)/t17-/m0/s1. The minimum absolute atomic E-state index is 0.0502. The Morgan fingerprint density at radius 3 is 2.39 bits per heavy atom. The van der Waals surface area contributed by atoms with Crippen LogP contribution in [0.5, 0.6) is 0 Å². The summed E-state index contributed by atoms with van der Waals surface area (Å²) < 4.78 is 14.2. The van der Waals surface area contributed by atoms with Crippen LogP contribution in [0.3, 0.4) is 0 Å². The van der Waals surface area contributed by atoms with Gasteiger partial charge in [0.25, 0.3) is 0 Å². The zero-order valence-electron chi connectivity index (χ0n) is 18.5. The first-order valence-corrected chi connectivity index (χ1v) is 11.7. The summed E-state index contributed by atoms with van der Waals surface area (Å²) in [6, 6.07) is 13.2. The summed E-state index contributed by atoms with van der Waals surface area (Å²) in [6.07, 6.45) is 0.926. The van der Waals surface area contributed by atoms with E-state index in [1.807, 2.05) is 45.0 Å².